The molecule has 0 aliphatic carbocycles. The summed E-state index contributed by atoms with van der Waals surface area (Å²) in [5, 5.41) is 2.74. The van der Waals surface area contributed by atoms with Crippen LogP contribution >= 0.6 is 0 Å². The van der Waals surface area contributed by atoms with Crippen molar-refractivity contribution in [3.63, 3.8) is 0 Å². The Labute approximate surface area is 181 Å². The van der Waals surface area contributed by atoms with Crippen molar-refractivity contribution in [1.82, 2.24) is 4.98 Å². The Balaban J connectivity index is 1.54. The number of nitrogens with zero attached hydrogens (tertiary/aromatic N) is 2. The van der Waals surface area contributed by atoms with Crippen molar-refractivity contribution in [2.24, 2.45) is 4.99 Å². The van der Waals surface area contributed by atoms with Crippen LogP contribution in [0.15, 0.2) is 53.8 Å². The molecular weight excluding hydrogens is 374 g/mol. The highest BCUT2D eigenvalue weighted by Gasteiger charge is 2.00. The summed E-state index contributed by atoms with van der Waals surface area (Å²) in [4.78, 5) is 19.8. The Morgan fingerprint density at radius 1 is 0.967 bits per heavy atom. The summed E-state index contributed by atoms with van der Waals surface area (Å²) in [7, 11) is 0. The van der Waals surface area contributed by atoms with E-state index in [0.717, 1.165) is 24.3 Å². The number of ether oxygens (including phenoxy) is 1. The van der Waals surface area contributed by atoms with Gasteiger partial charge in [-0.05, 0) is 36.8 Å². The van der Waals surface area contributed by atoms with Crippen LogP contribution in [0.25, 0.3) is 0 Å². The van der Waals surface area contributed by atoms with Crippen molar-refractivity contribution in [3.8, 4) is 5.75 Å². The van der Waals surface area contributed by atoms with Crippen molar-refractivity contribution < 1.29 is 9.53 Å². The molecule has 0 saturated heterocycles. The Kier molecular flexibility index (Phi) is 11.9. The Morgan fingerprint density at radius 3 is 2.27 bits per heavy atom. The fraction of sp³-hybridized carbons (Fsp3) is 0.480. The fourth-order valence-corrected chi connectivity index (χ4v) is 3.16. The molecule has 0 aliphatic rings. The molecule has 1 N–H and O–H groups in total. The van der Waals surface area contributed by atoms with Crippen molar-refractivity contribution in [1.29, 1.82) is 0 Å². The van der Waals surface area contributed by atoms with E-state index in [-0.39, 0.29) is 0 Å². The number of benzene rings is 1. The summed E-state index contributed by atoms with van der Waals surface area (Å²) in [6, 6.07) is 10.6. The highest BCUT2D eigenvalue weighted by Crippen LogP contribution is 2.17. The highest BCUT2D eigenvalue weighted by molar-refractivity contribution is 5.97. The summed E-state index contributed by atoms with van der Waals surface area (Å²) in [5.41, 5.74) is 1.47. The molecule has 30 heavy (non-hydrogen) atoms. The predicted octanol–water partition coefficient (Wildman–Crippen LogP) is 7.03. The van der Waals surface area contributed by atoms with E-state index in [0.29, 0.717) is 5.69 Å². The first-order chi connectivity index (χ1) is 14.8. The second kappa shape index (κ2) is 15.2. The molecule has 1 heterocycles. The van der Waals surface area contributed by atoms with Crippen molar-refractivity contribution >= 4 is 17.9 Å². The third kappa shape index (κ3) is 10.7. The summed E-state index contributed by atoms with van der Waals surface area (Å²) >= 11 is 0. The van der Waals surface area contributed by atoms with E-state index in [1.807, 2.05) is 30.3 Å². The average Bonchev–Trinajstić information content (AvgIpc) is 2.78. The van der Waals surface area contributed by atoms with E-state index in [1.165, 1.54) is 64.0 Å². The standard InChI is InChI=1S/C25H35N3O2/c1-2-3-4-5-6-7-8-9-10-11-19-30-24-16-14-23(15-17-24)28-25(29)27-21-22-13-12-18-26-20-22/h12-18,20-21H,2-11,19H2,1H3,(H,28,29)/b27-21+. The molecule has 0 atom stereocenters. The molecule has 0 fully saturated rings. The first-order valence-corrected chi connectivity index (χ1v) is 11.3. The normalized spacial score (nSPS) is 11.0. The topological polar surface area (TPSA) is 63.6 Å². The van der Waals surface area contributed by atoms with Gasteiger partial charge in [0.05, 0.1) is 6.61 Å². The smallest absolute Gasteiger partial charge is 0.345 e. The zero-order valence-electron chi connectivity index (χ0n) is 18.2. The lowest BCUT2D eigenvalue weighted by Crippen LogP contribution is -2.06. The van der Waals surface area contributed by atoms with E-state index in [4.69, 9.17) is 4.74 Å². The molecule has 0 saturated carbocycles. The highest BCUT2D eigenvalue weighted by atomic mass is 16.5. The van der Waals surface area contributed by atoms with Crippen LogP contribution in [0.5, 0.6) is 5.75 Å². The maximum Gasteiger partial charge on any atom is 0.345 e. The van der Waals surface area contributed by atoms with Gasteiger partial charge in [-0.3, -0.25) is 4.98 Å². The maximum atomic E-state index is 11.9. The Morgan fingerprint density at radius 2 is 1.63 bits per heavy atom. The molecule has 2 rings (SSSR count). The molecule has 0 spiro atoms. The summed E-state index contributed by atoms with van der Waals surface area (Å²) in [6.07, 6.45) is 18.0. The summed E-state index contributed by atoms with van der Waals surface area (Å²) in [6.45, 7) is 2.99. The van der Waals surface area contributed by atoms with Gasteiger partial charge in [0.15, 0.2) is 0 Å². The second-order valence-electron chi connectivity index (χ2n) is 7.53. The van der Waals surface area contributed by atoms with Crippen molar-refractivity contribution in [3.05, 3.63) is 54.4 Å². The van der Waals surface area contributed by atoms with Gasteiger partial charge in [-0.1, -0.05) is 70.8 Å². The number of nitrogens with one attached hydrogen (secondary N) is 1. The largest absolute Gasteiger partial charge is 0.494 e. The van der Waals surface area contributed by atoms with E-state index in [9.17, 15) is 4.79 Å². The molecule has 5 heteroatoms. The van der Waals surface area contributed by atoms with Gasteiger partial charge < -0.3 is 10.1 Å². The second-order valence-corrected chi connectivity index (χ2v) is 7.53. The number of anilines is 1. The first-order valence-electron chi connectivity index (χ1n) is 11.3. The lowest BCUT2D eigenvalue weighted by Gasteiger charge is -2.07. The Bertz CT molecular complexity index is 730. The van der Waals surface area contributed by atoms with Crippen molar-refractivity contribution in [2.45, 2.75) is 71.1 Å². The van der Waals surface area contributed by atoms with Crippen LogP contribution in [0, 0.1) is 0 Å². The number of rotatable bonds is 14. The third-order valence-electron chi connectivity index (χ3n) is 4.89. The number of urea groups is 1. The van der Waals surface area contributed by atoms with Gasteiger partial charge in [0, 0.05) is 29.9 Å². The van der Waals surface area contributed by atoms with Gasteiger partial charge >= 0.3 is 6.03 Å². The van der Waals surface area contributed by atoms with Gasteiger partial charge in [0.25, 0.3) is 0 Å². The minimum atomic E-state index is -0.419. The van der Waals surface area contributed by atoms with Crippen LogP contribution in [0.4, 0.5) is 10.5 Å². The molecule has 0 radical (unpaired) electrons. The lowest BCUT2D eigenvalue weighted by atomic mass is 10.1. The van der Waals surface area contributed by atoms with Crippen LogP contribution < -0.4 is 10.1 Å². The number of pyridine rings is 1. The van der Waals surface area contributed by atoms with Gasteiger partial charge in [-0.15, -0.1) is 0 Å². The molecule has 2 aromatic rings. The SMILES string of the molecule is CCCCCCCCCCCCOc1ccc(NC(=O)/N=C/c2cccnc2)cc1. The molecule has 1 aromatic carbocycles. The predicted molar refractivity (Wildman–Crippen MR) is 125 cm³/mol. The number of aromatic nitrogens is 1. The average molecular weight is 410 g/mol. The number of hydrogen-bond acceptors (Lipinski definition) is 3. The molecule has 5 nitrogen and oxygen atoms in total. The van der Waals surface area contributed by atoms with Gasteiger partial charge in [-0.25, -0.2) is 9.79 Å². The van der Waals surface area contributed by atoms with E-state index < -0.39 is 6.03 Å². The molecule has 1 aromatic heterocycles. The number of hydrogen-bond donors (Lipinski definition) is 1. The number of unbranched alkanes of at least 4 members (excludes halogenated alkanes) is 9. The zero-order chi connectivity index (χ0) is 21.3. The maximum absolute atomic E-state index is 11.9. The van der Waals surface area contributed by atoms with Crippen LogP contribution in [0.1, 0.15) is 76.7 Å². The number of aliphatic imine (C=N–C) groups is 1. The first kappa shape index (κ1) is 23.6. The van der Waals surface area contributed by atoms with Gasteiger partial charge in [0.2, 0.25) is 0 Å². The van der Waals surface area contributed by atoms with Crippen molar-refractivity contribution in [2.75, 3.05) is 11.9 Å². The van der Waals surface area contributed by atoms with Crippen LogP contribution in [0.2, 0.25) is 0 Å². The third-order valence-corrected chi connectivity index (χ3v) is 4.89. The van der Waals surface area contributed by atoms with Crippen LogP contribution in [-0.4, -0.2) is 23.8 Å². The summed E-state index contributed by atoms with van der Waals surface area (Å²) < 4.78 is 5.79. The molecule has 2 amide bonds. The summed E-state index contributed by atoms with van der Waals surface area (Å²) in [5.74, 6) is 0.822. The zero-order valence-corrected chi connectivity index (χ0v) is 18.2. The number of carbonyl (C=O) groups is 1. The van der Waals surface area contributed by atoms with Gasteiger partial charge in [-0.2, -0.15) is 0 Å². The molecule has 0 unspecified atom stereocenters. The van der Waals surface area contributed by atoms with Gasteiger partial charge in [0.1, 0.15) is 5.75 Å². The van der Waals surface area contributed by atoms with E-state index in [2.05, 4.69) is 22.2 Å². The van der Waals surface area contributed by atoms with Crippen LogP contribution in [0.3, 0.4) is 0 Å². The molecular formula is C25H35N3O2. The minimum Gasteiger partial charge on any atom is -0.494 e. The fourth-order valence-electron chi connectivity index (χ4n) is 3.16. The molecule has 0 bridgehead atoms. The molecule has 162 valence electrons. The Hall–Kier alpha value is -2.69. The number of amides is 2. The quantitative estimate of drug-likeness (QED) is 0.269. The number of carbonyl (C=O) groups excluding carboxylic acids is 1. The van der Waals surface area contributed by atoms with E-state index >= 15 is 0 Å². The molecule has 0 aliphatic heterocycles. The monoisotopic (exact) mass is 409 g/mol. The minimum absolute atomic E-state index is 0.419. The lowest BCUT2D eigenvalue weighted by molar-refractivity contribution is 0.259. The van der Waals surface area contributed by atoms with Crippen LogP contribution in [-0.2, 0) is 0 Å². The van der Waals surface area contributed by atoms with E-state index in [1.54, 1.807) is 18.5 Å².